The van der Waals surface area contributed by atoms with Crippen molar-refractivity contribution < 1.29 is 14.4 Å². The molecule has 26 heavy (non-hydrogen) atoms. The molecule has 9 heteroatoms. The number of rotatable bonds is 3. The number of guanidine groups is 1. The fraction of sp³-hybridized carbons (Fsp3) is 0.294. The number of fused-ring (bicyclic) bond motifs is 1. The molecule has 0 radical (unpaired) electrons. The van der Waals surface area contributed by atoms with E-state index >= 15 is 0 Å². The number of hydrogen-bond donors (Lipinski definition) is 4. The number of benzene rings is 1. The quantitative estimate of drug-likeness (QED) is 0.642. The molecule has 2 heterocycles. The monoisotopic (exact) mass is 356 g/mol. The first-order chi connectivity index (χ1) is 12.3. The highest BCUT2D eigenvalue weighted by Crippen LogP contribution is 2.20. The summed E-state index contributed by atoms with van der Waals surface area (Å²) in [5.74, 6) is 0.163. The molecule has 1 unspecified atom stereocenters. The lowest BCUT2D eigenvalue weighted by atomic mass is 10.1. The van der Waals surface area contributed by atoms with Crippen molar-refractivity contribution in [1.82, 2.24) is 15.8 Å². The van der Waals surface area contributed by atoms with Gasteiger partial charge in [0.15, 0.2) is 0 Å². The second-order valence-corrected chi connectivity index (χ2v) is 6.28. The Balaban J connectivity index is 1.73. The van der Waals surface area contributed by atoms with Gasteiger partial charge in [0.1, 0.15) is 11.9 Å². The maximum atomic E-state index is 12.7. The molecule has 0 aromatic heterocycles. The number of carbonyl (C=O) groups excluding carboxylic acids is 3. The number of hydrazine groups is 1. The summed E-state index contributed by atoms with van der Waals surface area (Å²) in [5, 5.41) is 9.66. The average Bonchev–Trinajstić information content (AvgIpc) is 2.99. The van der Waals surface area contributed by atoms with E-state index in [4.69, 9.17) is 0 Å². The maximum absolute atomic E-state index is 12.7. The summed E-state index contributed by atoms with van der Waals surface area (Å²) < 4.78 is 0. The van der Waals surface area contributed by atoms with Crippen molar-refractivity contribution in [2.24, 2.45) is 4.99 Å². The highest BCUT2D eigenvalue weighted by atomic mass is 16.2. The highest BCUT2D eigenvalue weighted by Gasteiger charge is 2.39. The van der Waals surface area contributed by atoms with Crippen LogP contribution in [-0.4, -0.2) is 34.7 Å². The molecule has 3 rings (SSSR count). The lowest BCUT2D eigenvalue weighted by Gasteiger charge is -2.32. The summed E-state index contributed by atoms with van der Waals surface area (Å²) in [6, 6.07) is 6.01. The van der Waals surface area contributed by atoms with Crippen molar-refractivity contribution in [3.8, 4) is 0 Å². The topological polar surface area (TPSA) is 115 Å². The Hall–Kier alpha value is -3.36. The Bertz CT molecular complexity index is 823. The third-order valence-corrected chi connectivity index (χ3v) is 3.86. The molecule has 2 aliphatic rings. The smallest absolute Gasteiger partial charge is 0.249 e. The minimum atomic E-state index is -0.727. The number of allylic oxidation sites excluding steroid dienone is 1. The zero-order chi connectivity index (χ0) is 18.8. The number of carbonyl (C=O) groups is 3. The van der Waals surface area contributed by atoms with Crippen molar-refractivity contribution in [3.05, 3.63) is 35.7 Å². The van der Waals surface area contributed by atoms with E-state index in [0.717, 1.165) is 5.57 Å². The van der Waals surface area contributed by atoms with Crippen molar-refractivity contribution in [2.75, 3.05) is 10.6 Å². The van der Waals surface area contributed by atoms with Crippen LogP contribution >= 0.6 is 0 Å². The van der Waals surface area contributed by atoms with Gasteiger partial charge in [0.25, 0.3) is 0 Å². The summed E-state index contributed by atoms with van der Waals surface area (Å²) in [6.07, 6.45) is 0.0118. The second-order valence-electron chi connectivity index (χ2n) is 6.28. The van der Waals surface area contributed by atoms with Crippen molar-refractivity contribution in [1.29, 1.82) is 0 Å². The van der Waals surface area contributed by atoms with Crippen LogP contribution in [0.3, 0.4) is 0 Å². The van der Waals surface area contributed by atoms with Crippen LogP contribution in [0.5, 0.6) is 0 Å². The molecule has 4 N–H and O–H groups in total. The summed E-state index contributed by atoms with van der Waals surface area (Å²) >= 11 is 0. The van der Waals surface area contributed by atoms with Crippen molar-refractivity contribution in [3.63, 3.8) is 0 Å². The molecule has 0 saturated carbocycles. The Morgan fingerprint density at radius 3 is 2.31 bits per heavy atom. The van der Waals surface area contributed by atoms with E-state index in [1.165, 1.54) is 6.92 Å². The highest BCUT2D eigenvalue weighted by molar-refractivity contribution is 6.07. The van der Waals surface area contributed by atoms with Gasteiger partial charge in [-0.3, -0.25) is 25.1 Å². The van der Waals surface area contributed by atoms with Crippen LogP contribution < -0.4 is 21.4 Å². The number of aliphatic imine (C=N–C) groups is 1. The van der Waals surface area contributed by atoms with Gasteiger partial charge < -0.3 is 10.6 Å². The van der Waals surface area contributed by atoms with Gasteiger partial charge in [-0.2, -0.15) is 4.99 Å². The van der Waals surface area contributed by atoms with Gasteiger partial charge in [0.2, 0.25) is 23.7 Å². The molecular weight excluding hydrogens is 336 g/mol. The van der Waals surface area contributed by atoms with Gasteiger partial charge in [-0.1, -0.05) is 0 Å². The molecule has 3 amide bonds. The zero-order valence-corrected chi connectivity index (χ0v) is 14.7. The molecule has 0 bridgehead atoms. The minimum absolute atomic E-state index is 0.0118. The van der Waals surface area contributed by atoms with Crippen LogP contribution in [0.25, 0.3) is 0 Å². The largest absolute Gasteiger partial charge is 0.326 e. The first-order valence-electron chi connectivity index (χ1n) is 8.14. The summed E-state index contributed by atoms with van der Waals surface area (Å²) in [5.41, 5.74) is 5.19. The van der Waals surface area contributed by atoms with Crippen LogP contribution in [0.2, 0.25) is 0 Å². The Morgan fingerprint density at radius 2 is 1.73 bits per heavy atom. The fourth-order valence-corrected chi connectivity index (χ4v) is 2.61. The van der Waals surface area contributed by atoms with E-state index in [1.807, 2.05) is 13.8 Å². The molecule has 1 atom stereocenters. The summed E-state index contributed by atoms with van der Waals surface area (Å²) in [6.45, 7) is 5.20. The Morgan fingerprint density at radius 1 is 1.12 bits per heavy atom. The van der Waals surface area contributed by atoms with Crippen LogP contribution in [0.1, 0.15) is 27.2 Å². The predicted molar refractivity (Wildman–Crippen MR) is 96.7 cm³/mol. The molecule has 2 aliphatic heterocycles. The maximum Gasteiger partial charge on any atom is 0.249 e. The van der Waals surface area contributed by atoms with Crippen LogP contribution in [-0.2, 0) is 14.4 Å². The molecular formula is C17H20N6O3. The number of amides is 3. The van der Waals surface area contributed by atoms with E-state index in [1.54, 1.807) is 29.3 Å². The Kier molecular flexibility index (Phi) is 4.61. The van der Waals surface area contributed by atoms with Gasteiger partial charge in [0.05, 0.1) is 6.42 Å². The number of nitrogens with zero attached hydrogens (tertiary/aromatic N) is 2. The predicted octanol–water partition coefficient (Wildman–Crippen LogP) is 0.900. The SMILES string of the molecule is CC(=O)Nc1ccc(NC(=O)C2CC(=O)NC3=NC(=C(C)C)NN32)cc1. The van der Waals surface area contributed by atoms with Gasteiger partial charge >= 0.3 is 0 Å². The van der Waals surface area contributed by atoms with Crippen LogP contribution in [0, 0.1) is 0 Å². The zero-order valence-electron chi connectivity index (χ0n) is 14.7. The van der Waals surface area contributed by atoms with Gasteiger partial charge in [-0.25, -0.2) is 5.01 Å². The molecule has 136 valence electrons. The molecule has 1 aromatic carbocycles. The Labute approximate surface area is 150 Å². The number of anilines is 2. The van der Waals surface area contributed by atoms with E-state index in [0.29, 0.717) is 23.2 Å². The molecule has 0 spiro atoms. The molecule has 1 aromatic rings. The van der Waals surface area contributed by atoms with Gasteiger partial charge in [-0.15, -0.1) is 0 Å². The minimum Gasteiger partial charge on any atom is -0.326 e. The average molecular weight is 356 g/mol. The summed E-state index contributed by atoms with van der Waals surface area (Å²) in [4.78, 5) is 39.9. The molecule has 9 nitrogen and oxygen atoms in total. The fourth-order valence-electron chi connectivity index (χ4n) is 2.61. The van der Waals surface area contributed by atoms with Gasteiger partial charge in [0, 0.05) is 18.3 Å². The number of nitrogens with one attached hydrogen (secondary N) is 4. The number of hydrogen-bond acceptors (Lipinski definition) is 6. The third kappa shape index (κ3) is 3.66. The third-order valence-electron chi connectivity index (χ3n) is 3.86. The first-order valence-corrected chi connectivity index (χ1v) is 8.14. The van der Waals surface area contributed by atoms with Crippen molar-refractivity contribution >= 4 is 35.1 Å². The lowest BCUT2D eigenvalue weighted by Crippen LogP contribution is -2.61. The second kappa shape index (κ2) is 6.87. The van der Waals surface area contributed by atoms with Crippen LogP contribution in [0.15, 0.2) is 40.7 Å². The standard InChI is InChI=1S/C17H20N6O3/c1-9(2)15-21-17-20-14(25)8-13(23(17)22-15)16(26)19-12-6-4-11(5-7-12)18-10(3)24/h4-7,13,22H,8H2,1-3H3,(H,18,24)(H,19,26)(H,20,21,25). The first kappa shape index (κ1) is 17.5. The van der Waals surface area contributed by atoms with E-state index in [-0.39, 0.29) is 24.1 Å². The van der Waals surface area contributed by atoms with E-state index < -0.39 is 6.04 Å². The lowest BCUT2D eigenvalue weighted by molar-refractivity contribution is -0.129. The molecule has 1 fully saturated rings. The van der Waals surface area contributed by atoms with E-state index in [9.17, 15) is 14.4 Å². The molecule has 1 saturated heterocycles. The molecule has 0 aliphatic carbocycles. The van der Waals surface area contributed by atoms with Gasteiger partial charge in [-0.05, 0) is 43.7 Å². The summed E-state index contributed by atoms with van der Waals surface area (Å²) in [7, 11) is 0. The van der Waals surface area contributed by atoms with E-state index in [2.05, 4.69) is 26.4 Å². The van der Waals surface area contributed by atoms with Crippen LogP contribution in [0.4, 0.5) is 11.4 Å². The van der Waals surface area contributed by atoms with Crippen molar-refractivity contribution in [2.45, 2.75) is 33.2 Å². The normalized spacial score (nSPS) is 18.3.